The van der Waals surface area contributed by atoms with Crippen LogP contribution in [0.5, 0.6) is 0 Å². The van der Waals surface area contributed by atoms with Gasteiger partial charge < -0.3 is 11.1 Å². The predicted octanol–water partition coefficient (Wildman–Crippen LogP) is 1.02. The molecule has 3 N–H and O–H groups in total. The number of nitrogens with one attached hydrogen (secondary N) is 1. The van der Waals surface area contributed by atoms with Crippen molar-refractivity contribution in [3.63, 3.8) is 0 Å². The van der Waals surface area contributed by atoms with Gasteiger partial charge in [0.15, 0.2) is 9.84 Å². The maximum Gasteiger partial charge on any atom is 0.220 e. The first-order valence-electron chi connectivity index (χ1n) is 7.24. The molecule has 1 amide bonds. The largest absolute Gasteiger partial charge is 0.356 e. The molecule has 21 heavy (non-hydrogen) atoms. The van der Waals surface area contributed by atoms with E-state index < -0.39 is 9.84 Å². The monoisotopic (exact) mass is 310 g/mol. The number of amides is 1. The van der Waals surface area contributed by atoms with Crippen molar-refractivity contribution in [2.75, 3.05) is 18.1 Å². The maximum atomic E-state index is 11.8. The molecule has 2 atom stereocenters. The quantitative estimate of drug-likeness (QED) is 0.821. The average Bonchev–Trinajstić information content (AvgIpc) is 2.83. The molecule has 1 saturated heterocycles. The maximum absolute atomic E-state index is 11.8. The van der Waals surface area contributed by atoms with Crippen molar-refractivity contribution in [2.24, 2.45) is 11.7 Å². The van der Waals surface area contributed by atoms with Crippen molar-refractivity contribution in [2.45, 2.75) is 25.3 Å². The lowest BCUT2D eigenvalue weighted by molar-refractivity contribution is -0.121. The molecule has 1 aliphatic heterocycles. The summed E-state index contributed by atoms with van der Waals surface area (Å²) in [7, 11) is -2.88. The van der Waals surface area contributed by atoms with Gasteiger partial charge in [0.2, 0.25) is 5.91 Å². The fourth-order valence-corrected chi connectivity index (χ4v) is 4.39. The minimum absolute atomic E-state index is 0.0572. The number of hydrogen-bond acceptors (Lipinski definition) is 4. The normalized spacial score (nSPS) is 21.9. The Labute approximate surface area is 125 Å². The summed E-state index contributed by atoms with van der Waals surface area (Å²) in [4.78, 5) is 11.8. The summed E-state index contributed by atoms with van der Waals surface area (Å²) in [6, 6.07) is 9.53. The van der Waals surface area contributed by atoms with Crippen molar-refractivity contribution >= 4 is 15.7 Å². The highest BCUT2D eigenvalue weighted by atomic mass is 32.2. The Hall–Kier alpha value is -1.40. The van der Waals surface area contributed by atoms with E-state index in [1.165, 1.54) is 0 Å². The minimum Gasteiger partial charge on any atom is -0.356 e. The number of nitrogens with two attached hydrogens (primary N) is 1. The molecule has 2 unspecified atom stereocenters. The molecule has 0 aromatic heterocycles. The standard InChI is InChI=1S/C15H22N2O3S/c16-14(13-4-2-1-3-5-13)6-7-15(18)17-10-12-8-9-21(19,20)11-12/h1-5,12,14H,6-11,16H2,(H,17,18). The van der Waals surface area contributed by atoms with Crippen molar-refractivity contribution in [3.8, 4) is 0 Å². The molecule has 0 bridgehead atoms. The highest BCUT2D eigenvalue weighted by molar-refractivity contribution is 7.91. The van der Waals surface area contributed by atoms with Gasteiger partial charge in [-0.1, -0.05) is 30.3 Å². The van der Waals surface area contributed by atoms with Crippen LogP contribution in [0.15, 0.2) is 30.3 Å². The van der Waals surface area contributed by atoms with E-state index in [-0.39, 0.29) is 29.4 Å². The highest BCUT2D eigenvalue weighted by Gasteiger charge is 2.27. The fourth-order valence-electron chi connectivity index (χ4n) is 2.53. The summed E-state index contributed by atoms with van der Waals surface area (Å²) in [5.74, 6) is 0.427. The Morgan fingerprint density at radius 1 is 1.33 bits per heavy atom. The molecule has 1 aliphatic rings. The van der Waals surface area contributed by atoms with Crippen LogP contribution in [0, 0.1) is 5.92 Å². The SMILES string of the molecule is NC(CCC(=O)NCC1CCS(=O)(=O)C1)c1ccccc1. The van der Waals surface area contributed by atoms with E-state index in [1.54, 1.807) is 0 Å². The number of rotatable bonds is 6. The van der Waals surface area contributed by atoms with Crippen molar-refractivity contribution in [1.82, 2.24) is 5.32 Å². The zero-order valence-electron chi connectivity index (χ0n) is 12.0. The van der Waals surface area contributed by atoms with Gasteiger partial charge in [0.25, 0.3) is 0 Å². The molecule has 6 heteroatoms. The van der Waals surface area contributed by atoms with Crippen LogP contribution in [-0.4, -0.2) is 32.4 Å². The van der Waals surface area contributed by atoms with E-state index in [2.05, 4.69) is 5.32 Å². The molecule has 0 radical (unpaired) electrons. The summed E-state index contributed by atoms with van der Waals surface area (Å²) in [5, 5.41) is 2.81. The minimum atomic E-state index is -2.88. The van der Waals surface area contributed by atoms with Gasteiger partial charge in [0, 0.05) is 19.0 Å². The van der Waals surface area contributed by atoms with E-state index in [4.69, 9.17) is 5.73 Å². The Kier molecular flexibility index (Phi) is 5.36. The molecule has 0 spiro atoms. The third-order valence-electron chi connectivity index (χ3n) is 3.82. The summed E-state index contributed by atoms with van der Waals surface area (Å²) in [6.45, 7) is 0.443. The number of carbonyl (C=O) groups excluding carboxylic acids is 1. The fraction of sp³-hybridized carbons (Fsp3) is 0.533. The van der Waals surface area contributed by atoms with Gasteiger partial charge in [0.1, 0.15) is 0 Å². The van der Waals surface area contributed by atoms with Gasteiger partial charge in [-0.3, -0.25) is 4.79 Å². The third-order valence-corrected chi connectivity index (χ3v) is 5.66. The Morgan fingerprint density at radius 2 is 2.05 bits per heavy atom. The van der Waals surface area contributed by atoms with Gasteiger partial charge in [-0.05, 0) is 24.3 Å². The molecule has 2 rings (SSSR count). The lowest BCUT2D eigenvalue weighted by atomic mass is 10.0. The van der Waals surface area contributed by atoms with Crippen LogP contribution in [0.25, 0.3) is 0 Å². The summed E-state index contributed by atoms with van der Waals surface area (Å²) < 4.78 is 22.7. The number of hydrogen-bond donors (Lipinski definition) is 2. The number of sulfone groups is 1. The van der Waals surface area contributed by atoms with Gasteiger partial charge in [-0.15, -0.1) is 0 Å². The third kappa shape index (κ3) is 5.13. The molecule has 0 saturated carbocycles. The van der Waals surface area contributed by atoms with Crippen LogP contribution < -0.4 is 11.1 Å². The summed E-state index contributed by atoms with van der Waals surface area (Å²) in [5.41, 5.74) is 7.06. The van der Waals surface area contributed by atoms with E-state index in [1.807, 2.05) is 30.3 Å². The van der Waals surface area contributed by atoms with Crippen molar-refractivity contribution in [3.05, 3.63) is 35.9 Å². The van der Waals surface area contributed by atoms with E-state index in [9.17, 15) is 13.2 Å². The smallest absolute Gasteiger partial charge is 0.220 e. The van der Waals surface area contributed by atoms with Gasteiger partial charge in [0.05, 0.1) is 11.5 Å². The lowest BCUT2D eigenvalue weighted by Gasteiger charge is -2.13. The lowest BCUT2D eigenvalue weighted by Crippen LogP contribution is -2.30. The predicted molar refractivity (Wildman–Crippen MR) is 82.4 cm³/mol. The Bertz CT molecular complexity index is 572. The van der Waals surface area contributed by atoms with E-state index in [0.717, 1.165) is 5.56 Å². The first-order valence-corrected chi connectivity index (χ1v) is 9.06. The van der Waals surface area contributed by atoms with Crippen LogP contribution in [-0.2, 0) is 14.6 Å². The Morgan fingerprint density at radius 3 is 2.67 bits per heavy atom. The second-order valence-corrected chi connectivity index (χ2v) is 7.86. The van der Waals surface area contributed by atoms with Gasteiger partial charge in [-0.2, -0.15) is 0 Å². The van der Waals surface area contributed by atoms with E-state index >= 15 is 0 Å². The van der Waals surface area contributed by atoms with Crippen LogP contribution in [0.4, 0.5) is 0 Å². The topological polar surface area (TPSA) is 89.3 Å². The zero-order chi connectivity index (χ0) is 15.3. The van der Waals surface area contributed by atoms with Crippen LogP contribution in [0.2, 0.25) is 0 Å². The number of benzene rings is 1. The van der Waals surface area contributed by atoms with E-state index in [0.29, 0.717) is 25.8 Å². The molecule has 1 fully saturated rings. The zero-order valence-corrected chi connectivity index (χ0v) is 12.8. The molecule has 1 heterocycles. The van der Waals surface area contributed by atoms with Crippen molar-refractivity contribution in [1.29, 1.82) is 0 Å². The number of carbonyl (C=O) groups is 1. The molecule has 5 nitrogen and oxygen atoms in total. The summed E-state index contributed by atoms with van der Waals surface area (Å²) >= 11 is 0. The molecule has 1 aromatic rings. The first kappa shape index (κ1) is 16.0. The van der Waals surface area contributed by atoms with Gasteiger partial charge >= 0.3 is 0 Å². The van der Waals surface area contributed by atoms with Crippen LogP contribution in [0.3, 0.4) is 0 Å². The first-order chi connectivity index (χ1) is 9.96. The molecule has 1 aromatic carbocycles. The molecular weight excluding hydrogens is 288 g/mol. The van der Waals surface area contributed by atoms with Crippen molar-refractivity contribution < 1.29 is 13.2 Å². The summed E-state index contributed by atoms with van der Waals surface area (Å²) in [6.07, 6.45) is 1.58. The molecule has 0 aliphatic carbocycles. The second kappa shape index (κ2) is 7.04. The van der Waals surface area contributed by atoms with Crippen LogP contribution in [0.1, 0.15) is 30.9 Å². The second-order valence-electron chi connectivity index (χ2n) is 5.63. The van der Waals surface area contributed by atoms with Gasteiger partial charge in [-0.25, -0.2) is 8.42 Å². The highest BCUT2D eigenvalue weighted by Crippen LogP contribution is 2.18. The Balaban J connectivity index is 1.68. The molecular formula is C15H22N2O3S. The average molecular weight is 310 g/mol. The van der Waals surface area contributed by atoms with Crippen LogP contribution >= 0.6 is 0 Å². The molecule has 116 valence electrons.